The molecule has 0 aliphatic rings. The topological polar surface area (TPSA) is 73.2 Å². The molecule has 0 atom stereocenters. The minimum absolute atomic E-state index is 0.141. The molecular weight excluding hydrogens is 362 g/mol. The first-order chi connectivity index (χ1) is 11.9. The van der Waals surface area contributed by atoms with Crippen LogP contribution in [0.2, 0.25) is 5.02 Å². The Labute approximate surface area is 151 Å². The molecule has 1 heterocycles. The summed E-state index contributed by atoms with van der Waals surface area (Å²) in [4.78, 5) is 0.141. The first-order valence-electron chi connectivity index (χ1n) is 7.36. The number of aryl methyl sites for hydroxylation is 1. The van der Waals surface area contributed by atoms with Gasteiger partial charge in [0.05, 0.1) is 17.7 Å². The number of ether oxygens (including phenoxy) is 1. The third kappa shape index (κ3) is 3.78. The van der Waals surface area contributed by atoms with Crippen LogP contribution in [-0.2, 0) is 17.1 Å². The number of rotatable bonds is 5. The standard InChI is InChI=1S/C17H16ClN3O3S/c1-21-17(11-16(19-21)12-3-5-13(18)6-4-12)20-25(22,23)15-9-7-14(24-2)8-10-15/h3-11,20H,1-2H3. The fourth-order valence-electron chi connectivity index (χ4n) is 2.28. The van der Waals surface area contributed by atoms with Gasteiger partial charge in [-0.1, -0.05) is 23.7 Å². The van der Waals surface area contributed by atoms with E-state index in [2.05, 4.69) is 9.82 Å². The van der Waals surface area contributed by atoms with Gasteiger partial charge in [0.1, 0.15) is 11.6 Å². The zero-order valence-corrected chi connectivity index (χ0v) is 15.2. The molecule has 0 radical (unpaired) electrons. The van der Waals surface area contributed by atoms with Crippen LogP contribution in [-0.4, -0.2) is 25.3 Å². The van der Waals surface area contributed by atoms with Crippen molar-refractivity contribution in [3.63, 3.8) is 0 Å². The molecule has 6 nitrogen and oxygen atoms in total. The molecule has 3 rings (SSSR count). The summed E-state index contributed by atoms with van der Waals surface area (Å²) in [5.74, 6) is 0.949. The molecule has 0 saturated carbocycles. The Kier molecular flexibility index (Phi) is 4.69. The fraction of sp³-hybridized carbons (Fsp3) is 0.118. The van der Waals surface area contributed by atoms with Crippen molar-refractivity contribution in [1.29, 1.82) is 0 Å². The van der Waals surface area contributed by atoms with Crippen LogP contribution in [0.25, 0.3) is 11.3 Å². The number of hydrogen-bond donors (Lipinski definition) is 1. The van der Waals surface area contributed by atoms with E-state index in [4.69, 9.17) is 16.3 Å². The Morgan fingerprint density at radius 1 is 1.08 bits per heavy atom. The Morgan fingerprint density at radius 3 is 2.32 bits per heavy atom. The summed E-state index contributed by atoms with van der Waals surface area (Å²) in [7, 11) is -0.528. The SMILES string of the molecule is COc1ccc(S(=O)(=O)Nc2cc(-c3ccc(Cl)cc3)nn2C)cc1. The van der Waals surface area contributed by atoms with Gasteiger partial charge in [0, 0.05) is 23.7 Å². The van der Waals surface area contributed by atoms with Crippen molar-refractivity contribution in [1.82, 2.24) is 9.78 Å². The lowest BCUT2D eigenvalue weighted by molar-refractivity contribution is 0.414. The Hall–Kier alpha value is -2.51. The molecule has 1 aromatic heterocycles. The van der Waals surface area contributed by atoms with Gasteiger partial charge in [-0.2, -0.15) is 5.10 Å². The molecule has 8 heteroatoms. The molecule has 130 valence electrons. The molecule has 0 amide bonds. The van der Waals surface area contributed by atoms with Gasteiger partial charge >= 0.3 is 0 Å². The van der Waals surface area contributed by atoms with E-state index in [1.165, 1.54) is 23.9 Å². The van der Waals surface area contributed by atoms with Gasteiger partial charge in [-0.15, -0.1) is 0 Å². The lowest BCUT2D eigenvalue weighted by Gasteiger charge is -2.08. The summed E-state index contributed by atoms with van der Waals surface area (Å²) in [6.07, 6.45) is 0. The van der Waals surface area contributed by atoms with Crippen molar-refractivity contribution in [2.45, 2.75) is 4.90 Å². The van der Waals surface area contributed by atoms with Crippen LogP contribution < -0.4 is 9.46 Å². The van der Waals surface area contributed by atoms with E-state index in [0.29, 0.717) is 22.3 Å². The average Bonchev–Trinajstić information content (AvgIpc) is 2.95. The van der Waals surface area contributed by atoms with E-state index in [0.717, 1.165) is 5.56 Å². The maximum atomic E-state index is 12.5. The number of anilines is 1. The van der Waals surface area contributed by atoms with Gasteiger partial charge < -0.3 is 4.74 Å². The predicted molar refractivity (Wildman–Crippen MR) is 97.5 cm³/mol. The summed E-state index contributed by atoms with van der Waals surface area (Å²) in [6.45, 7) is 0. The lowest BCUT2D eigenvalue weighted by atomic mass is 10.1. The van der Waals surface area contributed by atoms with Crippen LogP contribution in [0.15, 0.2) is 59.5 Å². The molecule has 2 aromatic carbocycles. The third-order valence-electron chi connectivity index (χ3n) is 3.63. The smallest absolute Gasteiger partial charge is 0.263 e. The van der Waals surface area contributed by atoms with Crippen molar-refractivity contribution in [3.8, 4) is 17.0 Å². The van der Waals surface area contributed by atoms with Gasteiger partial charge in [0.15, 0.2) is 0 Å². The zero-order chi connectivity index (χ0) is 18.0. The number of methoxy groups -OCH3 is 1. The number of halogens is 1. The van der Waals surface area contributed by atoms with Crippen molar-refractivity contribution < 1.29 is 13.2 Å². The van der Waals surface area contributed by atoms with Crippen LogP contribution in [0, 0.1) is 0 Å². The number of hydrogen-bond acceptors (Lipinski definition) is 4. The number of benzene rings is 2. The molecule has 25 heavy (non-hydrogen) atoms. The number of nitrogens with zero attached hydrogens (tertiary/aromatic N) is 2. The predicted octanol–water partition coefficient (Wildman–Crippen LogP) is 3.55. The quantitative estimate of drug-likeness (QED) is 0.738. The number of aromatic nitrogens is 2. The second-order valence-corrected chi connectivity index (χ2v) is 7.45. The summed E-state index contributed by atoms with van der Waals surface area (Å²) < 4.78 is 34.1. The van der Waals surface area contributed by atoms with Crippen molar-refractivity contribution in [2.24, 2.45) is 7.05 Å². The number of nitrogens with one attached hydrogen (secondary N) is 1. The normalized spacial score (nSPS) is 11.3. The van der Waals surface area contributed by atoms with E-state index in [1.54, 1.807) is 37.4 Å². The number of sulfonamides is 1. The van der Waals surface area contributed by atoms with Gasteiger partial charge in [-0.3, -0.25) is 9.40 Å². The highest BCUT2D eigenvalue weighted by molar-refractivity contribution is 7.92. The summed E-state index contributed by atoms with van der Waals surface area (Å²) in [5, 5.41) is 4.97. The minimum Gasteiger partial charge on any atom is -0.497 e. The maximum absolute atomic E-state index is 12.5. The lowest BCUT2D eigenvalue weighted by Crippen LogP contribution is -2.15. The van der Waals surface area contributed by atoms with E-state index in [1.807, 2.05) is 12.1 Å². The van der Waals surface area contributed by atoms with Crippen molar-refractivity contribution in [3.05, 3.63) is 59.6 Å². The van der Waals surface area contributed by atoms with Gasteiger partial charge in [-0.25, -0.2) is 8.42 Å². The molecule has 0 saturated heterocycles. The van der Waals surface area contributed by atoms with Crippen LogP contribution in [0.4, 0.5) is 5.82 Å². The van der Waals surface area contributed by atoms with Crippen LogP contribution in [0.5, 0.6) is 5.75 Å². The Balaban J connectivity index is 1.88. The van der Waals surface area contributed by atoms with Gasteiger partial charge in [0.2, 0.25) is 0 Å². The monoisotopic (exact) mass is 377 g/mol. The van der Waals surface area contributed by atoms with E-state index in [9.17, 15) is 8.42 Å². The highest BCUT2D eigenvalue weighted by atomic mass is 35.5. The molecule has 0 aliphatic carbocycles. The molecule has 3 aromatic rings. The minimum atomic E-state index is -3.72. The van der Waals surface area contributed by atoms with E-state index >= 15 is 0 Å². The van der Waals surface area contributed by atoms with Crippen LogP contribution in [0.3, 0.4) is 0 Å². The molecule has 1 N–H and O–H groups in total. The van der Waals surface area contributed by atoms with E-state index < -0.39 is 10.0 Å². The summed E-state index contributed by atoms with van der Waals surface area (Å²) in [6, 6.07) is 15.0. The zero-order valence-electron chi connectivity index (χ0n) is 13.6. The highest BCUT2D eigenvalue weighted by Gasteiger charge is 2.17. The molecular formula is C17H16ClN3O3S. The first kappa shape index (κ1) is 17.3. The molecule has 0 aliphatic heterocycles. The molecule has 0 bridgehead atoms. The largest absolute Gasteiger partial charge is 0.497 e. The second kappa shape index (κ2) is 6.78. The van der Waals surface area contributed by atoms with Crippen LogP contribution in [0.1, 0.15) is 0 Å². The third-order valence-corrected chi connectivity index (χ3v) is 5.25. The summed E-state index contributed by atoms with van der Waals surface area (Å²) in [5.41, 5.74) is 1.49. The second-order valence-electron chi connectivity index (χ2n) is 5.33. The van der Waals surface area contributed by atoms with Crippen molar-refractivity contribution >= 4 is 27.4 Å². The molecule has 0 fully saturated rings. The first-order valence-corrected chi connectivity index (χ1v) is 9.22. The van der Waals surface area contributed by atoms with Crippen LogP contribution >= 0.6 is 11.6 Å². The molecule has 0 unspecified atom stereocenters. The fourth-order valence-corrected chi connectivity index (χ4v) is 3.48. The Morgan fingerprint density at radius 2 is 1.72 bits per heavy atom. The maximum Gasteiger partial charge on any atom is 0.263 e. The summed E-state index contributed by atoms with van der Waals surface area (Å²) >= 11 is 5.89. The van der Waals surface area contributed by atoms with Gasteiger partial charge in [0.25, 0.3) is 10.0 Å². The highest BCUT2D eigenvalue weighted by Crippen LogP contribution is 2.25. The van der Waals surface area contributed by atoms with Gasteiger partial charge in [-0.05, 0) is 36.4 Å². The van der Waals surface area contributed by atoms with E-state index in [-0.39, 0.29) is 4.90 Å². The Bertz CT molecular complexity index is 981. The average molecular weight is 378 g/mol. The van der Waals surface area contributed by atoms with Crippen molar-refractivity contribution in [2.75, 3.05) is 11.8 Å². The molecule has 0 spiro atoms.